The number of nitriles is 1. The van der Waals surface area contributed by atoms with Gasteiger partial charge in [-0.2, -0.15) is 5.26 Å². The van der Waals surface area contributed by atoms with Gasteiger partial charge in [-0.15, -0.1) is 11.8 Å². The summed E-state index contributed by atoms with van der Waals surface area (Å²) in [6.07, 6.45) is 0. The summed E-state index contributed by atoms with van der Waals surface area (Å²) >= 11 is 1.52. The van der Waals surface area contributed by atoms with Gasteiger partial charge in [0.2, 0.25) is 0 Å². The lowest BCUT2D eigenvalue weighted by Crippen LogP contribution is -2.03. The number of ether oxygens (including phenoxy) is 2. The number of nitrogens with zero attached hydrogens (tertiary/aromatic N) is 2. The van der Waals surface area contributed by atoms with Crippen molar-refractivity contribution in [3.05, 3.63) is 96.6 Å². The first-order chi connectivity index (χ1) is 15.8. The molecule has 0 saturated heterocycles. The smallest absolute Gasteiger partial charge is 0.161 e. The van der Waals surface area contributed by atoms with Crippen molar-refractivity contribution in [2.24, 2.45) is 0 Å². The Kier molecular flexibility index (Phi) is 7.06. The summed E-state index contributed by atoms with van der Waals surface area (Å²) in [7, 11) is 1.63. The van der Waals surface area contributed by atoms with Gasteiger partial charge >= 0.3 is 0 Å². The van der Waals surface area contributed by atoms with Crippen molar-refractivity contribution in [1.29, 1.82) is 5.26 Å². The topological polar surface area (TPSA) is 55.1 Å². The van der Waals surface area contributed by atoms with Gasteiger partial charge in [-0.1, -0.05) is 72.8 Å². The first-order valence-corrected chi connectivity index (χ1v) is 11.2. The maximum absolute atomic E-state index is 9.97. The molecule has 158 valence electrons. The Morgan fingerprint density at radius 1 is 0.844 bits per heavy atom. The zero-order chi connectivity index (χ0) is 22.2. The average Bonchev–Trinajstić information content (AvgIpc) is 2.87. The fraction of sp³-hybridized carbons (Fsp3) is 0.111. The molecule has 0 aliphatic carbocycles. The molecule has 0 fully saturated rings. The molecule has 32 heavy (non-hydrogen) atoms. The standard InChI is InChI=1S/C27H22N2O2S/c1-30-25-14-8-9-15-26(25)31-16-17-32-27-23(19-28)22(20-10-4-2-5-11-20)18-24(29-27)21-12-6-3-7-13-21/h2-15,18H,16-17H2,1H3. The van der Waals surface area contributed by atoms with Crippen molar-refractivity contribution in [3.63, 3.8) is 0 Å². The van der Waals surface area contributed by atoms with E-state index in [2.05, 4.69) is 6.07 Å². The molecular formula is C27H22N2O2S. The van der Waals surface area contributed by atoms with Gasteiger partial charge in [0.1, 0.15) is 11.1 Å². The summed E-state index contributed by atoms with van der Waals surface area (Å²) in [6.45, 7) is 0.466. The predicted molar refractivity (Wildman–Crippen MR) is 129 cm³/mol. The van der Waals surface area contributed by atoms with E-state index in [0.29, 0.717) is 34.4 Å². The number of aromatic nitrogens is 1. The Labute approximate surface area is 192 Å². The number of rotatable bonds is 8. The van der Waals surface area contributed by atoms with Gasteiger partial charge in [0.25, 0.3) is 0 Å². The van der Waals surface area contributed by atoms with Crippen LogP contribution in [0.1, 0.15) is 5.56 Å². The molecule has 0 saturated carbocycles. The van der Waals surface area contributed by atoms with E-state index < -0.39 is 0 Å². The van der Waals surface area contributed by atoms with Crippen molar-refractivity contribution in [2.45, 2.75) is 5.03 Å². The molecule has 5 heteroatoms. The zero-order valence-electron chi connectivity index (χ0n) is 17.7. The lowest BCUT2D eigenvalue weighted by molar-refractivity contribution is 0.313. The fourth-order valence-electron chi connectivity index (χ4n) is 3.36. The number of pyridine rings is 1. The van der Waals surface area contributed by atoms with E-state index in [0.717, 1.165) is 22.4 Å². The molecule has 0 amide bonds. The van der Waals surface area contributed by atoms with Crippen LogP contribution in [0.5, 0.6) is 11.5 Å². The van der Waals surface area contributed by atoms with Crippen LogP contribution in [0.15, 0.2) is 96.0 Å². The highest BCUT2D eigenvalue weighted by Gasteiger charge is 2.16. The Hall–Kier alpha value is -3.75. The zero-order valence-corrected chi connectivity index (χ0v) is 18.5. The largest absolute Gasteiger partial charge is 0.493 e. The molecule has 4 rings (SSSR count). The fourth-order valence-corrected chi connectivity index (χ4v) is 4.19. The van der Waals surface area contributed by atoms with E-state index in [-0.39, 0.29) is 0 Å². The van der Waals surface area contributed by atoms with Gasteiger partial charge in [0, 0.05) is 16.9 Å². The van der Waals surface area contributed by atoms with Gasteiger partial charge < -0.3 is 9.47 Å². The van der Waals surface area contributed by atoms with Crippen LogP contribution in [0.2, 0.25) is 0 Å². The van der Waals surface area contributed by atoms with E-state index in [4.69, 9.17) is 14.5 Å². The summed E-state index contributed by atoms with van der Waals surface area (Å²) in [5, 5.41) is 10.7. The minimum atomic E-state index is 0.466. The van der Waals surface area contributed by atoms with Crippen LogP contribution in [0.3, 0.4) is 0 Å². The third kappa shape index (κ3) is 4.93. The molecule has 0 aliphatic heterocycles. The Balaban J connectivity index is 1.62. The molecule has 0 spiro atoms. The third-order valence-corrected chi connectivity index (χ3v) is 5.84. The Morgan fingerprint density at radius 3 is 2.12 bits per heavy atom. The van der Waals surface area contributed by atoms with E-state index in [1.165, 1.54) is 11.8 Å². The molecule has 0 radical (unpaired) electrons. The second kappa shape index (κ2) is 10.5. The van der Waals surface area contributed by atoms with E-state index in [9.17, 15) is 5.26 Å². The normalized spacial score (nSPS) is 10.4. The van der Waals surface area contributed by atoms with E-state index in [1.807, 2.05) is 91.0 Å². The molecule has 4 aromatic rings. The number of benzene rings is 3. The molecule has 0 bridgehead atoms. The van der Waals surface area contributed by atoms with Crippen molar-refractivity contribution in [3.8, 4) is 40.0 Å². The minimum Gasteiger partial charge on any atom is -0.493 e. The number of para-hydroxylation sites is 2. The Bertz CT molecular complexity index is 1220. The van der Waals surface area contributed by atoms with Gasteiger partial charge in [-0.05, 0) is 23.8 Å². The van der Waals surface area contributed by atoms with Crippen molar-refractivity contribution >= 4 is 11.8 Å². The SMILES string of the molecule is COc1ccccc1OCCSc1nc(-c2ccccc2)cc(-c2ccccc2)c1C#N. The van der Waals surface area contributed by atoms with Crippen LogP contribution in [0.4, 0.5) is 0 Å². The monoisotopic (exact) mass is 438 g/mol. The Morgan fingerprint density at radius 2 is 1.47 bits per heavy atom. The third-order valence-electron chi connectivity index (χ3n) is 4.90. The van der Waals surface area contributed by atoms with Crippen molar-refractivity contribution in [2.75, 3.05) is 19.5 Å². The van der Waals surface area contributed by atoms with Gasteiger partial charge in [-0.25, -0.2) is 4.98 Å². The number of hydrogen-bond donors (Lipinski definition) is 0. The summed E-state index contributed by atoms with van der Waals surface area (Å²) in [5.41, 5.74) is 4.32. The maximum Gasteiger partial charge on any atom is 0.161 e. The van der Waals surface area contributed by atoms with Crippen molar-refractivity contribution in [1.82, 2.24) is 4.98 Å². The molecule has 0 atom stereocenters. The van der Waals surface area contributed by atoms with Gasteiger partial charge in [-0.3, -0.25) is 0 Å². The van der Waals surface area contributed by atoms with Gasteiger partial charge in [0.15, 0.2) is 11.5 Å². The highest BCUT2D eigenvalue weighted by molar-refractivity contribution is 7.99. The quantitative estimate of drug-likeness (QED) is 0.233. The highest BCUT2D eigenvalue weighted by Crippen LogP contribution is 2.34. The summed E-state index contributed by atoms with van der Waals surface area (Å²) in [5.74, 6) is 2.05. The lowest BCUT2D eigenvalue weighted by Gasteiger charge is -2.13. The summed E-state index contributed by atoms with van der Waals surface area (Å²) in [6, 6.07) is 31.9. The second-order valence-electron chi connectivity index (χ2n) is 6.93. The average molecular weight is 439 g/mol. The molecule has 0 aliphatic rings. The maximum atomic E-state index is 9.97. The predicted octanol–water partition coefficient (Wildman–Crippen LogP) is 6.47. The molecule has 4 nitrogen and oxygen atoms in total. The van der Waals surface area contributed by atoms with Crippen LogP contribution in [-0.2, 0) is 0 Å². The number of hydrogen-bond acceptors (Lipinski definition) is 5. The molecule has 0 N–H and O–H groups in total. The second-order valence-corrected chi connectivity index (χ2v) is 8.01. The molecule has 0 unspecified atom stereocenters. The van der Waals surface area contributed by atoms with Crippen LogP contribution < -0.4 is 9.47 Å². The molecular weight excluding hydrogens is 416 g/mol. The number of methoxy groups -OCH3 is 1. The van der Waals surface area contributed by atoms with E-state index in [1.54, 1.807) is 7.11 Å². The van der Waals surface area contributed by atoms with E-state index >= 15 is 0 Å². The van der Waals surface area contributed by atoms with Crippen LogP contribution in [-0.4, -0.2) is 24.5 Å². The molecule has 1 heterocycles. The molecule has 3 aromatic carbocycles. The minimum absolute atomic E-state index is 0.466. The first kappa shape index (κ1) is 21.5. The highest BCUT2D eigenvalue weighted by atomic mass is 32.2. The number of thioether (sulfide) groups is 1. The van der Waals surface area contributed by atoms with Crippen molar-refractivity contribution < 1.29 is 9.47 Å². The summed E-state index contributed by atoms with van der Waals surface area (Å²) < 4.78 is 11.2. The first-order valence-electron chi connectivity index (χ1n) is 10.2. The van der Waals surface area contributed by atoms with Crippen LogP contribution >= 0.6 is 11.8 Å². The van der Waals surface area contributed by atoms with Crippen LogP contribution in [0, 0.1) is 11.3 Å². The molecule has 1 aromatic heterocycles. The lowest BCUT2D eigenvalue weighted by atomic mass is 9.99. The van der Waals surface area contributed by atoms with Crippen LogP contribution in [0.25, 0.3) is 22.4 Å². The van der Waals surface area contributed by atoms with Gasteiger partial charge in [0.05, 0.1) is 25.0 Å². The summed E-state index contributed by atoms with van der Waals surface area (Å²) in [4.78, 5) is 4.84.